The molecule has 0 aliphatic heterocycles. The molecule has 0 spiro atoms. The molecule has 5 nitrogen and oxygen atoms in total. The Morgan fingerprint density at radius 2 is 2.00 bits per heavy atom. The molecule has 5 heteroatoms. The summed E-state index contributed by atoms with van der Waals surface area (Å²) in [5.74, 6) is 1.37. The summed E-state index contributed by atoms with van der Waals surface area (Å²) in [6.45, 7) is 3.28. The van der Waals surface area contributed by atoms with Crippen LogP contribution in [0.4, 0.5) is 0 Å². The van der Waals surface area contributed by atoms with Gasteiger partial charge in [-0.1, -0.05) is 0 Å². The number of imidazole rings is 1. The predicted molar refractivity (Wildman–Crippen MR) is 77.2 cm³/mol. The molecular weight excluding hydrogens is 254 g/mol. The Kier molecular flexibility index (Phi) is 4.53. The van der Waals surface area contributed by atoms with Gasteiger partial charge in [-0.2, -0.15) is 0 Å². The fourth-order valence-electron chi connectivity index (χ4n) is 1.77. The van der Waals surface area contributed by atoms with Crippen molar-refractivity contribution in [3.05, 3.63) is 48.0 Å². The van der Waals surface area contributed by atoms with E-state index < -0.39 is 0 Å². The molecule has 0 N–H and O–H groups in total. The molecule has 20 heavy (non-hydrogen) atoms. The van der Waals surface area contributed by atoms with Crippen molar-refractivity contribution in [2.24, 2.45) is 0 Å². The fourth-order valence-corrected chi connectivity index (χ4v) is 1.77. The molecule has 0 radical (unpaired) electrons. The van der Waals surface area contributed by atoms with E-state index in [-0.39, 0.29) is 5.91 Å². The lowest BCUT2D eigenvalue weighted by atomic mass is 10.2. The van der Waals surface area contributed by atoms with E-state index >= 15 is 0 Å². The minimum absolute atomic E-state index is 0.0835. The number of aromatic nitrogens is 2. The van der Waals surface area contributed by atoms with Gasteiger partial charge in [0.25, 0.3) is 5.91 Å². The first-order valence-electron chi connectivity index (χ1n) is 6.50. The monoisotopic (exact) mass is 273 g/mol. The van der Waals surface area contributed by atoms with Crippen molar-refractivity contribution in [2.45, 2.75) is 6.92 Å². The van der Waals surface area contributed by atoms with Crippen LogP contribution in [0.1, 0.15) is 16.2 Å². The molecule has 2 aromatic rings. The van der Waals surface area contributed by atoms with Crippen LogP contribution in [0.15, 0.2) is 36.7 Å². The van der Waals surface area contributed by atoms with Gasteiger partial charge in [0.15, 0.2) is 0 Å². The average molecular weight is 273 g/mol. The lowest BCUT2D eigenvalue weighted by Gasteiger charge is -2.11. The Bertz CT molecular complexity index is 573. The van der Waals surface area contributed by atoms with Crippen LogP contribution in [0, 0.1) is 6.92 Å². The van der Waals surface area contributed by atoms with Gasteiger partial charge < -0.3 is 9.64 Å². The normalized spacial score (nSPS) is 10.8. The number of carbonyl (C=O) groups is 1. The van der Waals surface area contributed by atoms with E-state index in [0.717, 1.165) is 12.3 Å². The molecule has 0 fully saturated rings. The molecule has 1 aromatic carbocycles. The van der Waals surface area contributed by atoms with E-state index in [1.807, 2.05) is 26.2 Å². The zero-order valence-electron chi connectivity index (χ0n) is 12.0. The predicted octanol–water partition coefficient (Wildman–Crippen LogP) is 1.82. The van der Waals surface area contributed by atoms with Gasteiger partial charge in [-0.15, -0.1) is 0 Å². The molecule has 0 saturated heterocycles. The highest BCUT2D eigenvalue weighted by Gasteiger charge is 2.10. The van der Waals surface area contributed by atoms with Crippen LogP contribution in [0.2, 0.25) is 0 Å². The topological polar surface area (TPSA) is 47.4 Å². The van der Waals surface area contributed by atoms with Crippen LogP contribution in [0.3, 0.4) is 0 Å². The number of benzene rings is 1. The van der Waals surface area contributed by atoms with Gasteiger partial charge in [-0.3, -0.25) is 9.36 Å². The van der Waals surface area contributed by atoms with E-state index in [1.165, 1.54) is 4.57 Å². The van der Waals surface area contributed by atoms with Crippen LogP contribution < -0.4 is 4.74 Å². The molecule has 0 amide bonds. The second kappa shape index (κ2) is 6.34. The van der Waals surface area contributed by atoms with Crippen molar-refractivity contribution in [3.63, 3.8) is 0 Å². The highest BCUT2D eigenvalue weighted by atomic mass is 16.5. The van der Waals surface area contributed by atoms with Gasteiger partial charge >= 0.3 is 0 Å². The summed E-state index contributed by atoms with van der Waals surface area (Å²) in [7, 11) is 4.00. The Labute approximate surface area is 118 Å². The average Bonchev–Trinajstić information content (AvgIpc) is 2.84. The minimum atomic E-state index is -0.0835. The van der Waals surface area contributed by atoms with Gasteiger partial charge in [0.2, 0.25) is 0 Å². The first kappa shape index (κ1) is 14.3. The molecule has 0 bridgehead atoms. The van der Waals surface area contributed by atoms with Crippen molar-refractivity contribution in [2.75, 3.05) is 27.2 Å². The Hall–Kier alpha value is -2.14. The molecule has 0 aliphatic rings. The van der Waals surface area contributed by atoms with Crippen LogP contribution >= 0.6 is 0 Å². The van der Waals surface area contributed by atoms with Crippen molar-refractivity contribution in [1.29, 1.82) is 0 Å². The fraction of sp³-hybridized carbons (Fsp3) is 0.333. The van der Waals surface area contributed by atoms with E-state index in [0.29, 0.717) is 18.0 Å². The molecule has 1 heterocycles. The SMILES string of the molecule is Cc1nccn1C(=O)c1ccc(OCCN(C)C)cc1. The Morgan fingerprint density at radius 1 is 1.30 bits per heavy atom. The van der Waals surface area contributed by atoms with Crippen LogP contribution in [-0.2, 0) is 0 Å². The molecule has 1 aromatic heterocycles. The van der Waals surface area contributed by atoms with E-state index in [4.69, 9.17) is 4.74 Å². The quantitative estimate of drug-likeness (QED) is 0.833. The highest BCUT2D eigenvalue weighted by Crippen LogP contribution is 2.13. The van der Waals surface area contributed by atoms with Gasteiger partial charge in [-0.05, 0) is 45.3 Å². The number of aryl methyl sites for hydroxylation is 1. The largest absolute Gasteiger partial charge is 0.492 e. The number of ether oxygens (including phenoxy) is 1. The molecule has 0 unspecified atom stereocenters. The zero-order valence-corrected chi connectivity index (χ0v) is 12.0. The summed E-state index contributed by atoms with van der Waals surface area (Å²) in [5.41, 5.74) is 0.617. The van der Waals surface area contributed by atoms with Crippen molar-refractivity contribution in [3.8, 4) is 5.75 Å². The summed E-state index contributed by atoms with van der Waals surface area (Å²) in [6.07, 6.45) is 3.28. The molecule has 0 saturated carbocycles. The van der Waals surface area contributed by atoms with Crippen molar-refractivity contribution < 1.29 is 9.53 Å². The molecule has 2 rings (SSSR count). The van der Waals surface area contributed by atoms with Crippen molar-refractivity contribution in [1.82, 2.24) is 14.5 Å². The Balaban J connectivity index is 2.01. The summed E-state index contributed by atoms with van der Waals surface area (Å²) >= 11 is 0. The van der Waals surface area contributed by atoms with Gasteiger partial charge in [0.1, 0.15) is 18.2 Å². The molecule has 0 atom stereocenters. The standard InChI is InChI=1S/C15H19N3O2/c1-12-16-8-9-18(12)15(19)13-4-6-14(7-5-13)20-11-10-17(2)3/h4-9H,10-11H2,1-3H3. The second-order valence-corrected chi connectivity index (χ2v) is 4.83. The zero-order chi connectivity index (χ0) is 14.5. The highest BCUT2D eigenvalue weighted by molar-refractivity contribution is 5.96. The van der Waals surface area contributed by atoms with Crippen LogP contribution in [0.25, 0.3) is 0 Å². The van der Waals surface area contributed by atoms with E-state index in [2.05, 4.69) is 9.88 Å². The summed E-state index contributed by atoms with van der Waals surface area (Å²) in [4.78, 5) is 18.3. The number of hydrogen-bond acceptors (Lipinski definition) is 4. The van der Waals surface area contributed by atoms with Crippen LogP contribution in [0.5, 0.6) is 5.75 Å². The summed E-state index contributed by atoms with van der Waals surface area (Å²) < 4.78 is 7.12. The third kappa shape index (κ3) is 3.45. The second-order valence-electron chi connectivity index (χ2n) is 4.83. The number of nitrogens with zero attached hydrogens (tertiary/aromatic N) is 3. The maximum Gasteiger partial charge on any atom is 0.263 e. The third-order valence-electron chi connectivity index (χ3n) is 2.95. The van der Waals surface area contributed by atoms with Crippen molar-refractivity contribution >= 4 is 5.91 Å². The summed E-state index contributed by atoms with van der Waals surface area (Å²) in [6, 6.07) is 7.17. The molecular formula is C15H19N3O2. The maximum absolute atomic E-state index is 12.2. The smallest absolute Gasteiger partial charge is 0.263 e. The number of carbonyl (C=O) groups excluding carboxylic acids is 1. The lowest BCUT2D eigenvalue weighted by Crippen LogP contribution is -2.19. The number of rotatable bonds is 5. The van der Waals surface area contributed by atoms with Gasteiger partial charge in [0, 0.05) is 24.5 Å². The maximum atomic E-state index is 12.2. The number of hydrogen-bond donors (Lipinski definition) is 0. The summed E-state index contributed by atoms with van der Waals surface area (Å²) in [5, 5.41) is 0. The minimum Gasteiger partial charge on any atom is -0.492 e. The first-order chi connectivity index (χ1) is 9.58. The first-order valence-corrected chi connectivity index (χ1v) is 6.50. The van der Waals surface area contributed by atoms with E-state index in [9.17, 15) is 4.79 Å². The third-order valence-corrected chi connectivity index (χ3v) is 2.95. The lowest BCUT2D eigenvalue weighted by molar-refractivity contribution is 0.0957. The van der Waals surface area contributed by atoms with Crippen LogP contribution in [-0.4, -0.2) is 47.6 Å². The molecule has 0 aliphatic carbocycles. The van der Waals surface area contributed by atoms with E-state index in [1.54, 1.807) is 31.5 Å². The van der Waals surface area contributed by atoms with Gasteiger partial charge in [-0.25, -0.2) is 4.98 Å². The van der Waals surface area contributed by atoms with Gasteiger partial charge in [0.05, 0.1) is 0 Å². The molecule has 106 valence electrons. The Morgan fingerprint density at radius 3 is 2.55 bits per heavy atom. The number of likely N-dealkylation sites (N-methyl/N-ethyl adjacent to an activating group) is 1.